The first-order valence-electron chi connectivity index (χ1n) is 9.53. The van der Waals surface area contributed by atoms with Crippen LogP contribution in [-0.4, -0.2) is 30.0 Å². The van der Waals surface area contributed by atoms with Gasteiger partial charge < -0.3 is 14.8 Å². The number of hydrogen-bond acceptors (Lipinski definition) is 6. The SMILES string of the molecule is COc1ccc([C@H]2CC(=O)c3c(C)nc(Nc4ccccc4)nc3C2)cc1OC. The maximum atomic E-state index is 12.9. The van der Waals surface area contributed by atoms with Crippen LogP contribution in [0.25, 0.3) is 0 Å². The van der Waals surface area contributed by atoms with Gasteiger partial charge in [0, 0.05) is 12.1 Å². The average molecular weight is 389 g/mol. The number of anilines is 2. The lowest BCUT2D eigenvalue weighted by Gasteiger charge is -2.25. The predicted molar refractivity (Wildman–Crippen MR) is 111 cm³/mol. The van der Waals surface area contributed by atoms with Crippen LogP contribution in [0.1, 0.15) is 39.6 Å². The van der Waals surface area contributed by atoms with Crippen molar-refractivity contribution in [1.29, 1.82) is 0 Å². The molecular weight excluding hydrogens is 366 g/mol. The molecule has 29 heavy (non-hydrogen) atoms. The van der Waals surface area contributed by atoms with Gasteiger partial charge >= 0.3 is 0 Å². The van der Waals surface area contributed by atoms with Crippen molar-refractivity contribution in [3.8, 4) is 11.5 Å². The molecule has 1 aliphatic rings. The number of nitrogens with zero attached hydrogens (tertiary/aromatic N) is 2. The summed E-state index contributed by atoms with van der Waals surface area (Å²) >= 11 is 0. The van der Waals surface area contributed by atoms with E-state index in [1.807, 2.05) is 55.5 Å². The molecule has 0 saturated heterocycles. The topological polar surface area (TPSA) is 73.3 Å². The highest BCUT2D eigenvalue weighted by Gasteiger charge is 2.30. The molecule has 1 N–H and O–H groups in total. The fourth-order valence-corrected chi connectivity index (χ4v) is 3.82. The molecule has 0 unspecified atom stereocenters. The van der Waals surface area contributed by atoms with Gasteiger partial charge in [0.2, 0.25) is 5.95 Å². The number of Topliss-reactive ketones (excluding diaryl/α,β-unsaturated/α-hetero) is 1. The summed E-state index contributed by atoms with van der Waals surface area (Å²) < 4.78 is 10.7. The third kappa shape index (κ3) is 3.78. The summed E-state index contributed by atoms with van der Waals surface area (Å²) in [5, 5.41) is 3.23. The van der Waals surface area contributed by atoms with Gasteiger partial charge in [-0.15, -0.1) is 0 Å². The number of aryl methyl sites for hydroxylation is 1. The summed E-state index contributed by atoms with van der Waals surface area (Å²) in [5.74, 6) is 1.96. The first-order valence-corrected chi connectivity index (χ1v) is 9.53. The fraction of sp³-hybridized carbons (Fsp3) is 0.261. The number of aromatic nitrogens is 2. The third-order valence-corrected chi connectivity index (χ3v) is 5.22. The van der Waals surface area contributed by atoms with Crippen LogP contribution >= 0.6 is 0 Å². The number of fused-ring (bicyclic) bond motifs is 1. The Morgan fingerprint density at radius 2 is 1.72 bits per heavy atom. The Labute approximate surface area is 169 Å². The Balaban J connectivity index is 1.66. The van der Waals surface area contributed by atoms with Crippen LogP contribution in [0.2, 0.25) is 0 Å². The molecule has 1 aromatic heterocycles. The molecule has 1 heterocycles. The molecule has 6 heteroatoms. The van der Waals surface area contributed by atoms with E-state index >= 15 is 0 Å². The van der Waals surface area contributed by atoms with E-state index in [-0.39, 0.29) is 11.7 Å². The minimum atomic E-state index is 0.0358. The molecule has 1 aliphatic carbocycles. The third-order valence-electron chi connectivity index (χ3n) is 5.22. The average Bonchev–Trinajstić information content (AvgIpc) is 2.73. The number of carbonyl (C=O) groups is 1. The quantitative estimate of drug-likeness (QED) is 0.695. The minimum Gasteiger partial charge on any atom is -0.493 e. The summed E-state index contributed by atoms with van der Waals surface area (Å²) in [6, 6.07) is 15.6. The monoisotopic (exact) mass is 389 g/mol. The van der Waals surface area contributed by atoms with Gasteiger partial charge in [-0.25, -0.2) is 9.97 Å². The Kier molecular flexibility index (Phi) is 5.16. The maximum Gasteiger partial charge on any atom is 0.227 e. The van der Waals surface area contributed by atoms with Gasteiger partial charge in [0.15, 0.2) is 17.3 Å². The lowest BCUT2D eigenvalue weighted by molar-refractivity contribution is 0.0962. The minimum absolute atomic E-state index is 0.0358. The molecule has 0 aliphatic heterocycles. The molecule has 148 valence electrons. The zero-order chi connectivity index (χ0) is 20.4. The number of hydrogen-bond donors (Lipinski definition) is 1. The smallest absolute Gasteiger partial charge is 0.227 e. The highest BCUT2D eigenvalue weighted by molar-refractivity contribution is 5.99. The van der Waals surface area contributed by atoms with Gasteiger partial charge in [-0.05, 0) is 49.1 Å². The largest absolute Gasteiger partial charge is 0.493 e. The molecule has 1 atom stereocenters. The molecule has 3 aromatic rings. The number of ether oxygens (including phenoxy) is 2. The van der Waals surface area contributed by atoms with Crippen LogP contribution < -0.4 is 14.8 Å². The van der Waals surface area contributed by atoms with Gasteiger partial charge in [0.05, 0.1) is 31.2 Å². The van der Waals surface area contributed by atoms with Crippen molar-refractivity contribution >= 4 is 17.4 Å². The normalized spacial score (nSPS) is 15.6. The zero-order valence-electron chi connectivity index (χ0n) is 16.7. The lowest BCUT2D eigenvalue weighted by atomic mass is 9.81. The van der Waals surface area contributed by atoms with Crippen LogP contribution in [0, 0.1) is 6.92 Å². The van der Waals surface area contributed by atoms with Crippen molar-refractivity contribution < 1.29 is 14.3 Å². The van der Waals surface area contributed by atoms with E-state index < -0.39 is 0 Å². The van der Waals surface area contributed by atoms with Crippen LogP contribution in [0.5, 0.6) is 11.5 Å². The number of benzene rings is 2. The Hall–Kier alpha value is -3.41. The number of rotatable bonds is 5. The van der Waals surface area contributed by atoms with E-state index in [9.17, 15) is 4.79 Å². The van der Waals surface area contributed by atoms with E-state index in [0.29, 0.717) is 41.5 Å². The molecule has 0 spiro atoms. The first-order chi connectivity index (χ1) is 14.1. The Bertz CT molecular complexity index is 1050. The van der Waals surface area contributed by atoms with E-state index in [0.717, 1.165) is 16.9 Å². The van der Waals surface area contributed by atoms with Crippen LogP contribution in [0.4, 0.5) is 11.6 Å². The second-order valence-corrected chi connectivity index (χ2v) is 7.09. The van der Waals surface area contributed by atoms with Crippen molar-refractivity contribution in [2.24, 2.45) is 0 Å². The lowest BCUT2D eigenvalue weighted by Crippen LogP contribution is -2.23. The summed E-state index contributed by atoms with van der Waals surface area (Å²) in [5.41, 5.74) is 4.09. The summed E-state index contributed by atoms with van der Waals surface area (Å²) in [4.78, 5) is 22.1. The number of ketones is 1. The second kappa shape index (κ2) is 7.91. The maximum absolute atomic E-state index is 12.9. The first kappa shape index (κ1) is 18.9. The number of para-hydroxylation sites is 1. The highest BCUT2D eigenvalue weighted by atomic mass is 16.5. The van der Waals surface area contributed by atoms with E-state index in [1.54, 1.807) is 14.2 Å². The van der Waals surface area contributed by atoms with Crippen LogP contribution in [0.3, 0.4) is 0 Å². The van der Waals surface area contributed by atoms with E-state index in [1.165, 1.54) is 0 Å². The van der Waals surface area contributed by atoms with Crippen LogP contribution in [0.15, 0.2) is 48.5 Å². The molecule has 0 radical (unpaired) electrons. The summed E-state index contributed by atoms with van der Waals surface area (Å²) in [6.07, 6.45) is 1.10. The van der Waals surface area contributed by atoms with Gasteiger partial charge in [0.25, 0.3) is 0 Å². The molecule has 6 nitrogen and oxygen atoms in total. The van der Waals surface area contributed by atoms with Crippen molar-refractivity contribution in [1.82, 2.24) is 9.97 Å². The second-order valence-electron chi connectivity index (χ2n) is 7.09. The Morgan fingerprint density at radius 3 is 2.45 bits per heavy atom. The molecular formula is C23H23N3O3. The van der Waals surface area contributed by atoms with E-state index in [2.05, 4.69) is 15.3 Å². The number of nitrogens with one attached hydrogen (secondary N) is 1. The molecule has 0 saturated carbocycles. The van der Waals surface area contributed by atoms with Gasteiger partial charge in [-0.2, -0.15) is 0 Å². The summed E-state index contributed by atoms with van der Waals surface area (Å²) in [7, 11) is 3.22. The van der Waals surface area contributed by atoms with Crippen molar-refractivity contribution in [3.05, 3.63) is 71.0 Å². The highest BCUT2D eigenvalue weighted by Crippen LogP contribution is 2.37. The summed E-state index contributed by atoms with van der Waals surface area (Å²) in [6.45, 7) is 1.87. The standard InChI is InChI=1S/C23H23N3O3/c1-14-22-18(26-23(24-14)25-17-7-5-4-6-8-17)11-16(12-19(22)27)15-9-10-20(28-2)21(13-15)29-3/h4-10,13,16H,11-12H2,1-3H3,(H,24,25,26)/t16-/m1/s1. The predicted octanol–water partition coefficient (Wildman–Crippen LogP) is 4.46. The zero-order valence-corrected chi connectivity index (χ0v) is 16.7. The molecule has 0 bridgehead atoms. The van der Waals surface area contributed by atoms with Gasteiger partial charge in [-0.3, -0.25) is 4.79 Å². The number of carbonyl (C=O) groups excluding carboxylic acids is 1. The van der Waals surface area contributed by atoms with E-state index in [4.69, 9.17) is 9.47 Å². The number of methoxy groups -OCH3 is 2. The van der Waals surface area contributed by atoms with Gasteiger partial charge in [-0.1, -0.05) is 24.3 Å². The van der Waals surface area contributed by atoms with Crippen molar-refractivity contribution in [2.75, 3.05) is 19.5 Å². The molecule has 0 amide bonds. The van der Waals surface area contributed by atoms with Crippen LogP contribution in [-0.2, 0) is 6.42 Å². The van der Waals surface area contributed by atoms with Crippen molar-refractivity contribution in [2.45, 2.75) is 25.7 Å². The fourth-order valence-electron chi connectivity index (χ4n) is 3.82. The molecule has 0 fully saturated rings. The Morgan fingerprint density at radius 1 is 0.966 bits per heavy atom. The molecule has 4 rings (SSSR count). The molecule has 2 aromatic carbocycles. The van der Waals surface area contributed by atoms with Gasteiger partial charge in [0.1, 0.15) is 0 Å². The van der Waals surface area contributed by atoms with Crippen molar-refractivity contribution in [3.63, 3.8) is 0 Å².